The van der Waals surface area contributed by atoms with Gasteiger partial charge in [-0.15, -0.1) is 0 Å². The van der Waals surface area contributed by atoms with Crippen LogP contribution in [0, 0.1) is 23.5 Å². The van der Waals surface area contributed by atoms with Crippen LogP contribution < -0.4 is 10.5 Å². The van der Waals surface area contributed by atoms with Gasteiger partial charge in [0.1, 0.15) is 18.2 Å². The van der Waals surface area contributed by atoms with E-state index in [1.165, 1.54) is 28.9 Å². The monoisotopic (exact) mass is 496 g/mol. The van der Waals surface area contributed by atoms with Crippen LogP contribution in [0.15, 0.2) is 89.7 Å². The van der Waals surface area contributed by atoms with Crippen molar-refractivity contribution in [3.05, 3.63) is 107 Å². The quantitative estimate of drug-likeness (QED) is 0.376. The molecule has 0 bridgehead atoms. The van der Waals surface area contributed by atoms with E-state index in [9.17, 15) is 13.6 Å². The molecule has 186 valence electrons. The topological polar surface area (TPSA) is 41.4 Å². The second-order valence-corrected chi connectivity index (χ2v) is 8.87. The van der Waals surface area contributed by atoms with E-state index in [0.29, 0.717) is 17.8 Å². The van der Waals surface area contributed by atoms with Crippen LogP contribution >= 0.6 is 0 Å². The molecule has 0 atom stereocenters. The van der Waals surface area contributed by atoms with Gasteiger partial charge in [0.05, 0.1) is 17.8 Å². The Bertz CT molecular complexity index is 1470. The van der Waals surface area contributed by atoms with Gasteiger partial charge < -0.3 is 4.90 Å². The lowest BCUT2D eigenvalue weighted by Gasteiger charge is -2.35. The highest BCUT2D eigenvalue weighted by atomic mass is 19.1. The Hall–Kier alpha value is -4.28. The van der Waals surface area contributed by atoms with Crippen molar-refractivity contribution < 1.29 is 8.78 Å². The number of benzene rings is 3. The fourth-order valence-electron chi connectivity index (χ4n) is 4.35. The number of aromatic nitrogens is 2. The van der Waals surface area contributed by atoms with Gasteiger partial charge in [0.25, 0.3) is 5.56 Å². The molecule has 7 heteroatoms. The molecule has 1 aliphatic rings. The summed E-state index contributed by atoms with van der Waals surface area (Å²) in [7, 11) is 0. The van der Waals surface area contributed by atoms with Gasteiger partial charge in [-0.2, -0.15) is 5.10 Å². The van der Waals surface area contributed by atoms with E-state index < -0.39 is 0 Å². The Kier molecular flexibility index (Phi) is 7.38. The van der Waals surface area contributed by atoms with Crippen LogP contribution in [-0.4, -0.2) is 47.4 Å². The number of hydrogen-bond acceptors (Lipinski definition) is 4. The minimum Gasteiger partial charge on any atom is -0.369 e. The molecule has 0 unspecified atom stereocenters. The maximum absolute atomic E-state index is 13.5. The first-order valence-electron chi connectivity index (χ1n) is 12.2. The first kappa shape index (κ1) is 24.4. The molecular weight excluding hydrogens is 470 g/mol. The maximum atomic E-state index is 13.5. The number of piperazine rings is 1. The Labute approximate surface area is 214 Å². The highest BCUT2D eigenvalue weighted by molar-refractivity contribution is 5.69. The third-order valence-corrected chi connectivity index (χ3v) is 6.42. The first-order valence-corrected chi connectivity index (χ1v) is 12.2. The molecule has 3 aromatic carbocycles. The standard InChI is InChI=1S/C30H26F2N4O/c31-25-10-8-24(9-11-25)29-22-28(23-6-2-1-3-7-23)30(37)36(33-29)17-5-4-16-34-18-20-35(21-19-34)27-14-12-26(32)13-15-27/h1-3,6-15,22H,16-21H2. The van der Waals surface area contributed by atoms with Crippen LogP contribution in [0.4, 0.5) is 14.5 Å². The lowest BCUT2D eigenvalue weighted by molar-refractivity contribution is 0.288. The third-order valence-electron chi connectivity index (χ3n) is 6.42. The van der Waals surface area contributed by atoms with E-state index in [1.54, 1.807) is 30.3 Å². The van der Waals surface area contributed by atoms with E-state index in [0.717, 1.165) is 43.0 Å². The summed E-state index contributed by atoms with van der Waals surface area (Å²) in [6.07, 6.45) is 0. The number of halogens is 2. The molecule has 1 saturated heterocycles. The Balaban J connectivity index is 1.29. The van der Waals surface area contributed by atoms with Crippen LogP contribution in [-0.2, 0) is 6.54 Å². The molecule has 2 heterocycles. The summed E-state index contributed by atoms with van der Waals surface area (Å²) in [6, 6.07) is 23.8. The van der Waals surface area contributed by atoms with E-state index in [4.69, 9.17) is 0 Å². The molecule has 5 rings (SSSR count). The zero-order valence-electron chi connectivity index (χ0n) is 20.3. The van der Waals surface area contributed by atoms with Crippen molar-refractivity contribution in [2.45, 2.75) is 6.54 Å². The van der Waals surface area contributed by atoms with Crippen molar-refractivity contribution in [2.24, 2.45) is 0 Å². The molecule has 1 aliphatic heterocycles. The summed E-state index contributed by atoms with van der Waals surface area (Å²) in [5.41, 5.74) is 3.41. The van der Waals surface area contributed by atoms with Crippen LogP contribution in [0.1, 0.15) is 0 Å². The Morgan fingerprint density at radius 3 is 2.03 bits per heavy atom. The SMILES string of the molecule is O=c1c(-c2ccccc2)cc(-c2ccc(F)cc2)nn1CC#CCN1CCN(c2ccc(F)cc2)CC1. The number of rotatable bonds is 5. The fourth-order valence-corrected chi connectivity index (χ4v) is 4.35. The van der Waals surface area contributed by atoms with Crippen molar-refractivity contribution in [3.63, 3.8) is 0 Å². The molecule has 0 aliphatic carbocycles. The average Bonchev–Trinajstić information content (AvgIpc) is 2.94. The summed E-state index contributed by atoms with van der Waals surface area (Å²) in [4.78, 5) is 17.7. The molecule has 1 aromatic heterocycles. The first-order chi connectivity index (χ1) is 18.1. The Morgan fingerprint density at radius 1 is 0.730 bits per heavy atom. The van der Waals surface area contributed by atoms with E-state index in [1.807, 2.05) is 30.3 Å². The smallest absolute Gasteiger partial charge is 0.275 e. The molecule has 0 spiro atoms. The van der Waals surface area contributed by atoms with Crippen LogP contribution in [0.3, 0.4) is 0 Å². The number of nitrogens with zero attached hydrogens (tertiary/aromatic N) is 4. The molecule has 4 aromatic rings. The summed E-state index contributed by atoms with van der Waals surface area (Å²) < 4.78 is 28.0. The van der Waals surface area contributed by atoms with Crippen molar-refractivity contribution in [1.29, 1.82) is 0 Å². The average molecular weight is 497 g/mol. The van der Waals surface area contributed by atoms with Crippen molar-refractivity contribution in [1.82, 2.24) is 14.7 Å². The molecule has 37 heavy (non-hydrogen) atoms. The van der Waals surface area contributed by atoms with Gasteiger partial charge in [0.15, 0.2) is 0 Å². The van der Waals surface area contributed by atoms with E-state index in [2.05, 4.69) is 26.7 Å². The lowest BCUT2D eigenvalue weighted by atomic mass is 10.0. The van der Waals surface area contributed by atoms with Gasteiger partial charge in [-0.05, 0) is 60.2 Å². The number of anilines is 1. The highest BCUT2D eigenvalue weighted by Gasteiger charge is 2.16. The fraction of sp³-hybridized carbons (Fsp3) is 0.200. The van der Waals surface area contributed by atoms with E-state index >= 15 is 0 Å². The summed E-state index contributed by atoms with van der Waals surface area (Å²) >= 11 is 0. The van der Waals surface area contributed by atoms with Gasteiger partial charge in [-0.25, -0.2) is 13.5 Å². The molecule has 5 nitrogen and oxygen atoms in total. The minimum atomic E-state index is -0.329. The molecular formula is C30H26F2N4O. The zero-order valence-corrected chi connectivity index (χ0v) is 20.3. The highest BCUT2D eigenvalue weighted by Crippen LogP contribution is 2.22. The van der Waals surface area contributed by atoms with Crippen molar-refractivity contribution >= 4 is 5.69 Å². The predicted octanol–water partition coefficient (Wildman–Crippen LogP) is 4.68. The molecule has 0 radical (unpaired) electrons. The summed E-state index contributed by atoms with van der Waals surface area (Å²) in [5, 5.41) is 4.52. The van der Waals surface area contributed by atoms with Gasteiger partial charge in [0, 0.05) is 37.4 Å². The van der Waals surface area contributed by atoms with Crippen LogP contribution in [0.25, 0.3) is 22.4 Å². The lowest BCUT2D eigenvalue weighted by Crippen LogP contribution is -2.46. The second kappa shape index (κ2) is 11.2. The van der Waals surface area contributed by atoms with Crippen molar-refractivity contribution in [2.75, 3.05) is 37.6 Å². The molecule has 1 fully saturated rings. The van der Waals surface area contributed by atoms with Gasteiger partial charge in [0.2, 0.25) is 0 Å². The molecule has 0 N–H and O–H groups in total. The van der Waals surface area contributed by atoms with Crippen molar-refractivity contribution in [3.8, 4) is 34.2 Å². The van der Waals surface area contributed by atoms with Crippen LogP contribution in [0.5, 0.6) is 0 Å². The van der Waals surface area contributed by atoms with Gasteiger partial charge >= 0.3 is 0 Å². The largest absolute Gasteiger partial charge is 0.369 e. The van der Waals surface area contributed by atoms with Crippen LogP contribution in [0.2, 0.25) is 0 Å². The summed E-state index contributed by atoms with van der Waals surface area (Å²) in [5.74, 6) is 5.72. The maximum Gasteiger partial charge on any atom is 0.275 e. The van der Waals surface area contributed by atoms with Gasteiger partial charge in [-0.3, -0.25) is 9.69 Å². The Morgan fingerprint density at radius 2 is 1.35 bits per heavy atom. The predicted molar refractivity (Wildman–Crippen MR) is 142 cm³/mol. The second-order valence-electron chi connectivity index (χ2n) is 8.87. The third kappa shape index (κ3) is 5.93. The number of hydrogen-bond donors (Lipinski definition) is 0. The molecule has 0 amide bonds. The van der Waals surface area contributed by atoms with E-state index in [-0.39, 0.29) is 23.7 Å². The molecule has 0 saturated carbocycles. The van der Waals surface area contributed by atoms with Gasteiger partial charge in [-0.1, -0.05) is 42.2 Å². The minimum absolute atomic E-state index is 0.156. The summed E-state index contributed by atoms with van der Waals surface area (Å²) in [6.45, 7) is 4.13. The normalized spacial score (nSPS) is 13.7. The zero-order chi connectivity index (χ0) is 25.6.